The van der Waals surface area contributed by atoms with Crippen molar-refractivity contribution in [3.63, 3.8) is 0 Å². The summed E-state index contributed by atoms with van der Waals surface area (Å²) >= 11 is 12.5. The molecule has 0 aliphatic rings. The summed E-state index contributed by atoms with van der Waals surface area (Å²) in [6.45, 7) is 6.48. The molecule has 0 aliphatic heterocycles. The molecule has 220 valence electrons. The maximum absolute atomic E-state index is 15.0. The molecular formula is C30H34Cl2FN3O4S. The first-order valence-corrected chi connectivity index (χ1v) is 15.5. The van der Waals surface area contributed by atoms with Crippen molar-refractivity contribution >= 4 is 50.7 Å². The Morgan fingerprint density at radius 1 is 0.976 bits per heavy atom. The van der Waals surface area contributed by atoms with Gasteiger partial charge in [0.1, 0.15) is 18.4 Å². The molecule has 41 heavy (non-hydrogen) atoms. The first-order valence-electron chi connectivity index (χ1n) is 13.3. The Hall–Kier alpha value is -3.14. The molecular weight excluding hydrogens is 588 g/mol. The summed E-state index contributed by atoms with van der Waals surface area (Å²) in [5, 5.41) is 3.58. The molecule has 0 heterocycles. The van der Waals surface area contributed by atoms with Crippen molar-refractivity contribution in [3.05, 3.63) is 93.7 Å². The standard InChI is InChI=1S/C30H34Cl2FN3O4S/c1-5-21(4)34-30(38)27(6-2)35(18-22-13-14-23(31)17-25(22)32)29(37)19-36(28-10-8-7-9-26(28)33)41(39,40)24-15-11-20(3)12-16-24/h7-17,21,27H,5-6,18-19H2,1-4H3,(H,34,38)/t21-,27-/m1/s1. The van der Waals surface area contributed by atoms with Gasteiger partial charge in [0, 0.05) is 22.6 Å². The van der Waals surface area contributed by atoms with E-state index in [0.717, 1.165) is 15.9 Å². The fraction of sp³-hybridized carbons (Fsp3) is 0.333. The largest absolute Gasteiger partial charge is 0.352 e. The molecule has 2 amide bonds. The lowest BCUT2D eigenvalue weighted by molar-refractivity contribution is -0.140. The number of aryl methyl sites for hydroxylation is 1. The maximum Gasteiger partial charge on any atom is 0.264 e. The first-order chi connectivity index (χ1) is 19.4. The third kappa shape index (κ3) is 7.99. The SMILES string of the molecule is CC[C@@H](C)NC(=O)[C@@H](CC)N(Cc1ccc(Cl)cc1Cl)C(=O)CN(c1ccccc1F)S(=O)(=O)c1ccc(C)cc1. The summed E-state index contributed by atoms with van der Waals surface area (Å²) in [4.78, 5) is 28.6. The zero-order valence-corrected chi connectivity index (χ0v) is 25.7. The number of amides is 2. The van der Waals surface area contributed by atoms with E-state index in [9.17, 15) is 18.0 Å². The second-order valence-electron chi connectivity index (χ2n) is 9.78. The van der Waals surface area contributed by atoms with Crippen LogP contribution in [0, 0.1) is 12.7 Å². The molecule has 0 unspecified atom stereocenters. The number of anilines is 1. The molecule has 0 radical (unpaired) electrons. The minimum atomic E-state index is -4.38. The molecule has 11 heteroatoms. The van der Waals surface area contributed by atoms with Crippen LogP contribution < -0.4 is 9.62 Å². The van der Waals surface area contributed by atoms with Crippen molar-refractivity contribution in [2.75, 3.05) is 10.8 Å². The highest BCUT2D eigenvalue weighted by Gasteiger charge is 2.35. The molecule has 7 nitrogen and oxygen atoms in total. The Morgan fingerprint density at radius 2 is 1.63 bits per heavy atom. The minimum absolute atomic E-state index is 0.100. The summed E-state index contributed by atoms with van der Waals surface area (Å²) in [5.41, 5.74) is 1.06. The number of carbonyl (C=O) groups excluding carboxylic acids is 2. The normalized spacial score (nSPS) is 12.9. The Morgan fingerprint density at radius 3 is 2.22 bits per heavy atom. The highest BCUT2D eigenvalue weighted by atomic mass is 35.5. The second kappa shape index (κ2) is 14.2. The van der Waals surface area contributed by atoms with Crippen molar-refractivity contribution in [3.8, 4) is 0 Å². The lowest BCUT2D eigenvalue weighted by atomic mass is 10.1. The van der Waals surface area contributed by atoms with E-state index in [-0.39, 0.29) is 40.5 Å². The monoisotopic (exact) mass is 621 g/mol. The van der Waals surface area contributed by atoms with Crippen LogP contribution in [0.2, 0.25) is 10.0 Å². The van der Waals surface area contributed by atoms with E-state index in [1.807, 2.05) is 20.8 Å². The van der Waals surface area contributed by atoms with E-state index < -0.39 is 34.3 Å². The van der Waals surface area contributed by atoms with Gasteiger partial charge in [-0.05, 0) is 68.7 Å². The number of nitrogens with zero attached hydrogens (tertiary/aromatic N) is 2. The lowest BCUT2D eigenvalue weighted by Gasteiger charge is -2.34. The Kier molecular flexibility index (Phi) is 11.2. The number of carbonyl (C=O) groups is 2. The van der Waals surface area contributed by atoms with Crippen LogP contribution in [0.3, 0.4) is 0 Å². The third-order valence-electron chi connectivity index (χ3n) is 6.75. The Balaban J connectivity index is 2.09. The van der Waals surface area contributed by atoms with E-state index >= 15 is 4.39 Å². The van der Waals surface area contributed by atoms with Gasteiger partial charge in [0.2, 0.25) is 11.8 Å². The molecule has 0 bridgehead atoms. The van der Waals surface area contributed by atoms with Crippen LogP contribution in [-0.2, 0) is 26.2 Å². The van der Waals surface area contributed by atoms with Crippen molar-refractivity contribution in [2.45, 2.75) is 64.1 Å². The summed E-state index contributed by atoms with van der Waals surface area (Å²) in [5.74, 6) is -1.91. The fourth-order valence-electron chi connectivity index (χ4n) is 4.20. The topological polar surface area (TPSA) is 86.8 Å². The number of hydrogen-bond donors (Lipinski definition) is 1. The summed E-state index contributed by atoms with van der Waals surface area (Å²) in [6, 6.07) is 15.1. The van der Waals surface area contributed by atoms with Crippen molar-refractivity contribution < 1.29 is 22.4 Å². The Bertz CT molecular complexity index is 1490. The lowest BCUT2D eigenvalue weighted by Crippen LogP contribution is -2.53. The maximum atomic E-state index is 15.0. The molecule has 3 rings (SSSR count). The van der Waals surface area contributed by atoms with Gasteiger partial charge in [0.25, 0.3) is 10.0 Å². The number of rotatable bonds is 12. The average molecular weight is 623 g/mol. The smallest absolute Gasteiger partial charge is 0.264 e. The van der Waals surface area contributed by atoms with Crippen molar-refractivity contribution in [1.29, 1.82) is 0 Å². The number of sulfonamides is 1. The molecule has 0 saturated heterocycles. The second-order valence-corrected chi connectivity index (χ2v) is 12.5. The Labute approximate surface area is 251 Å². The highest BCUT2D eigenvalue weighted by molar-refractivity contribution is 7.92. The minimum Gasteiger partial charge on any atom is -0.352 e. The van der Waals surface area contributed by atoms with Gasteiger partial charge in [-0.25, -0.2) is 12.8 Å². The quantitative estimate of drug-likeness (QED) is 0.255. The van der Waals surface area contributed by atoms with Gasteiger partial charge in [-0.1, -0.05) is 72.9 Å². The molecule has 0 saturated carbocycles. The average Bonchev–Trinajstić information content (AvgIpc) is 2.93. The van der Waals surface area contributed by atoms with Crippen LogP contribution in [0.15, 0.2) is 71.6 Å². The number of para-hydroxylation sites is 1. The molecule has 0 spiro atoms. The van der Waals surface area contributed by atoms with Gasteiger partial charge in [-0.2, -0.15) is 0 Å². The van der Waals surface area contributed by atoms with Crippen molar-refractivity contribution in [2.24, 2.45) is 0 Å². The van der Waals surface area contributed by atoms with E-state index in [2.05, 4.69) is 5.32 Å². The summed E-state index contributed by atoms with van der Waals surface area (Å²) in [7, 11) is -4.38. The predicted octanol–water partition coefficient (Wildman–Crippen LogP) is 6.36. The number of hydrogen-bond acceptors (Lipinski definition) is 4. The number of halogens is 3. The van der Waals surface area contributed by atoms with E-state index in [1.165, 1.54) is 41.3 Å². The van der Waals surface area contributed by atoms with Gasteiger partial charge in [-0.15, -0.1) is 0 Å². The van der Waals surface area contributed by atoms with Gasteiger partial charge < -0.3 is 10.2 Å². The van der Waals surface area contributed by atoms with Crippen LogP contribution in [-0.4, -0.2) is 43.8 Å². The molecule has 3 aromatic rings. The molecule has 3 aromatic carbocycles. The van der Waals surface area contributed by atoms with Crippen LogP contribution in [0.25, 0.3) is 0 Å². The molecule has 0 fully saturated rings. The van der Waals surface area contributed by atoms with Crippen LogP contribution >= 0.6 is 23.2 Å². The number of nitrogens with one attached hydrogen (secondary N) is 1. The van der Waals surface area contributed by atoms with Gasteiger partial charge in [-0.3, -0.25) is 13.9 Å². The summed E-state index contributed by atoms with van der Waals surface area (Å²) < 4.78 is 43.5. The molecule has 0 aliphatic carbocycles. The fourth-order valence-corrected chi connectivity index (χ4v) is 6.09. The molecule has 2 atom stereocenters. The van der Waals surface area contributed by atoms with Crippen LogP contribution in [0.5, 0.6) is 0 Å². The summed E-state index contributed by atoms with van der Waals surface area (Å²) in [6.07, 6.45) is 0.915. The first kappa shape index (κ1) is 32.4. The molecule has 1 N–H and O–H groups in total. The predicted molar refractivity (Wildman–Crippen MR) is 161 cm³/mol. The van der Waals surface area contributed by atoms with Gasteiger partial charge >= 0.3 is 0 Å². The third-order valence-corrected chi connectivity index (χ3v) is 9.11. The van der Waals surface area contributed by atoms with Crippen LogP contribution in [0.1, 0.15) is 44.7 Å². The zero-order valence-electron chi connectivity index (χ0n) is 23.4. The highest BCUT2D eigenvalue weighted by Crippen LogP contribution is 2.28. The van der Waals surface area contributed by atoms with E-state index in [4.69, 9.17) is 23.2 Å². The van der Waals surface area contributed by atoms with Crippen LogP contribution in [0.4, 0.5) is 10.1 Å². The van der Waals surface area contributed by atoms with E-state index in [0.29, 0.717) is 17.0 Å². The van der Waals surface area contributed by atoms with Gasteiger partial charge in [0.15, 0.2) is 0 Å². The molecule has 0 aromatic heterocycles. The number of benzene rings is 3. The van der Waals surface area contributed by atoms with Crippen molar-refractivity contribution in [1.82, 2.24) is 10.2 Å². The zero-order chi connectivity index (χ0) is 30.3. The van der Waals surface area contributed by atoms with Gasteiger partial charge in [0.05, 0.1) is 10.6 Å². The van der Waals surface area contributed by atoms with E-state index in [1.54, 1.807) is 31.2 Å².